The summed E-state index contributed by atoms with van der Waals surface area (Å²) in [7, 11) is 1.16. The molecule has 2 rings (SSSR count). The molecule has 6 nitrogen and oxygen atoms in total. The van der Waals surface area contributed by atoms with Crippen LogP contribution in [0.2, 0.25) is 0 Å². The fraction of sp³-hybridized carbons (Fsp3) is 0.308. The third kappa shape index (κ3) is 2.47. The molecule has 1 unspecified atom stereocenters. The zero-order chi connectivity index (χ0) is 14.9. The highest BCUT2D eigenvalue weighted by Crippen LogP contribution is 2.29. The number of nitrogens with zero attached hydrogens (tertiary/aromatic N) is 1. The van der Waals surface area contributed by atoms with Crippen LogP contribution in [0.25, 0.3) is 0 Å². The molecule has 0 spiro atoms. The van der Waals surface area contributed by atoms with Gasteiger partial charge in [-0.25, -0.2) is 9.18 Å². The number of anilines is 1. The number of primary amides is 1. The lowest BCUT2D eigenvalue weighted by molar-refractivity contribution is -0.123. The Balaban J connectivity index is 2.40. The van der Waals surface area contributed by atoms with E-state index in [1.807, 2.05) is 0 Å². The van der Waals surface area contributed by atoms with Crippen molar-refractivity contribution < 1.29 is 23.5 Å². The van der Waals surface area contributed by atoms with Gasteiger partial charge >= 0.3 is 5.97 Å². The predicted octanol–water partition coefficient (Wildman–Crippen LogP) is 0.450. The van der Waals surface area contributed by atoms with Gasteiger partial charge in [0.1, 0.15) is 5.82 Å². The number of benzene rings is 1. The molecule has 1 aromatic rings. The van der Waals surface area contributed by atoms with E-state index >= 15 is 0 Å². The van der Waals surface area contributed by atoms with Gasteiger partial charge in [-0.3, -0.25) is 9.59 Å². The molecule has 7 heteroatoms. The van der Waals surface area contributed by atoms with Gasteiger partial charge in [0.05, 0.1) is 24.3 Å². The maximum Gasteiger partial charge on any atom is 0.340 e. The normalized spacial score (nSPS) is 18.2. The smallest absolute Gasteiger partial charge is 0.340 e. The Kier molecular flexibility index (Phi) is 3.69. The molecule has 20 heavy (non-hydrogen) atoms. The molecule has 0 saturated carbocycles. The summed E-state index contributed by atoms with van der Waals surface area (Å²) in [6.07, 6.45) is -0.0205. The number of amides is 2. The first-order chi connectivity index (χ1) is 9.43. The van der Waals surface area contributed by atoms with E-state index in [0.29, 0.717) is 0 Å². The Morgan fingerprint density at radius 1 is 1.45 bits per heavy atom. The van der Waals surface area contributed by atoms with E-state index in [2.05, 4.69) is 4.74 Å². The highest BCUT2D eigenvalue weighted by molar-refractivity contribution is 6.05. The monoisotopic (exact) mass is 280 g/mol. The molecule has 0 radical (unpaired) electrons. The lowest BCUT2D eigenvalue weighted by atomic mass is 10.1. The molecule has 1 aromatic carbocycles. The van der Waals surface area contributed by atoms with Crippen molar-refractivity contribution in [2.24, 2.45) is 11.7 Å². The summed E-state index contributed by atoms with van der Waals surface area (Å²) in [6, 6.07) is 3.43. The molecule has 1 aliphatic heterocycles. The number of rotatable bonds is 3. The topological polar surface area (TPSA) is 89.7 Å². The van der Waals surface area contributed by atoms with Crippen LogP contribution in [0, 0.1) is 11.7 Å². The highest BCUT2D eigenvalue weighted by atomic mass is 19.1. The van der Waals surface area contributed by atoms with E-state index in [9.17, 15) is 18.8 Å². The minimum Gasteiger partial charge on any atom is -0.465 e. The van der Waals surface area contributed by atoms with Crippen LogP contribution in [-0.4, -0.2) is 31.4 Å². The summed E-state index contributed by atoms with van der Waals surface area (Å²) in [5, 5.41) is 0. The highest BCUT2D eigenvalue weighted by Gasteiger charge is 2.35. The van der Waals surface area contributed by atoms with Crippen LogP contribution in [-0.2, 0) is 14.3 Å². The molecule has 1 aliphatic rings. The molecule has 1 fully saturated rings. The molecular weight excluding hydrogens is 267 g/mol. The van der Waals surface area contributed by atoms with Crippen LogP contribution < -0.4 is 10.6 Å². The third-order valence-corrected chi connectivity index (χ3v) is 3.18. The number of carbonyl (C=O) groups excluding carboxylic acids is 3. The van der Waals surface area contributed by atoms with Crippen LogP contribution in [0.4, 0.5) is 10.1 Å². The Bertz CT molecular complexity index is 588. The Morgan fingerprint density at radius 3 is 2.70 bits per heavy atom. The van der Waals surface area contributed by atoms with Crippen LogP contribution in [0.1, 0.15) is 16.8 Å². The van der Waals surface area contributed by atoms with Crippen LogP contribution >= 0.6 is 0 Å². The summed E-state index contributed by atoms with van der Waals surface area (Å²) < 4.78 is 17.8. The predicted molar refractivity (Wildman–Crippen MR) is 67.4 cm³/mol. The number of hydrogen-bond donors (Lipinski definition) is 1. The maximum atomic E-state index is 13.2. The maximum absolute atomic E-state index is 13.2. The quantitative estimate of drug-likeness (QED) is 0.814. The SMILES string of the molecule is COC(=O)c1cc(F)ccc1N1CC(C(N)=O)CC1=O. The summed E-state index contributed by atoms with van der Waals surface area (Å²) in [6.45, 7) is 0.0732. The molecule has 1 atom stereocenters. The lowest BCUT2D eigenvalue weighted by Gasteiger charge is -2.19. The number of methoxy groups -OCH3 is 1. The van der Waals surface area contributed by atoms with E-state index in [0.717, 1.165) is 19.2 Å². The van der Waals surface area contributed by atoms with E-state index in [1.165, 1.54) is 11.0 Å². The standard InChI is InChI=1S/C13H13FN2O4/c1-20-13(19)9-5-8(14)2-3-10(9)16-6-7(12(15)18)4-11(16)17/h2-3,5,7H,4,6H2,1H3,(H2,15,18). The Morgan fingerprint density at radius 2 is 2.15 bits per heavy atom. The molecular formula is C13H13FN2O4. The Labute approximate surface area is 114 Å². The Hall–Kier alpha value is -2.44. The summed E-state index contributed by atoms with van der Waals surface area (Å²) in [4.78, 5) is 36.0. The number of esters is 1. The van der Waals surface area contributed by atoms with E-state index in [4.69, 9.17) is 5.73 Å². The third-order valence-electron chi connectivity index (χ3n) is 3.18. The van der Waals surface area contributed by atoms with Crippen molar-refractivity contribution in [3.8, 4) is 0 Å². The van der Waals surface area contributed by atoms with Crippen molar-refractivity contribution in [2.45, 2.75) is 6.42 Å². The molecule has 2 amide bonds. The van der Waals surface area contributed by atoms with Crippen molar-refractivity contribution >= 4 is 23.5 Å². The van der Waals surface area contributed by atoms with Gasteiger partial charge in [0.2, 0.25) is 11.8 Å². The van der Waals surface area contributed by atoms with E-state index in [1.54, 1.807) is 0 Å². The second-order valence-corrected chi connectivity index (χ2v) is 4.46. The van der Waals surface area contributed by atoms with Gasteiger partial charge < -0.3 is 15.4 Å². The molecule has 0 aliphatic carbocycles. The molecule has 1 saturated heterocycles. The summed E-state index contributed by atoms with van der Waals surface area (Å²) >= 11 is 0. The number of nitrogens with two attached hydrogens (primary N) is 1. The first-order valence-corrected chi connectivity index (χ1v) is 5.91. The molecule has 1 heterocycles. The second kappa shape index (κ2) is 5.28. The van der Waals surface area contributed by atoms with Crippen molar-refractivity contribution in [3.05, 3.63) is 29.6 Å². The van der Waals surface area contributed by atoms with Crippen LogP contribution in [0.3, 0.4) is 0 Å². The summed E-state index contributed by atoms with van der Waals surface area (Å²) in [5.41, 5.74) is 5.33. The zero-order valence-corrected chi connectivity index (χ0v) is 10.8. The van der Waals surface area contributed by atoms with Crippen molar-refractivity contribution in [1.82, 2.24) is 0 Å². The van der Waals surface area contributed by atoms with Crippen molar-refractivity contribution in [1.29, 1.82) is 0 Å². The van der Waals surface area contributed by atoms with E-state index in [-0.39, 0.29) is 30.1 Å². The molecule has 0 aromatic heterocycles. The van der Waals surface area contributed by atoms with Crippen molar-refractivity contribution in [2.75, 3.05) is 18.6 Å². The van der Waals surface area contributed by atoms with Crippen LogP contribution in [0.15, 0.2) is 18.2 Å². The van der Waals surface area contributed by atoms with Gasteiger partial charge in [-0.05, 0) is 18.2 Å². The van der Waals surface area contributed by atoms with Gasteiger partial charge in [-0.15, -0.1) is 0 Å². The lowest BCUT2D eigenvalue weighted by Crippen LogP contribution is -2.29. The fourth-order valence-electron chi connectivity index (χ4n) is 2.15. The number of halogens is 1. The molecule has 106 valence electrons. The minimum absolute atomic E-state index is 0.0205. The summed E-state index contributed by atoms with van der Waals surface area (Å²) in [5.74, 6) is -2.91. The second-order valence-electron chi connectivity index (χ2n) is 4.46. The average Bonchev–Trinajstić information content (AvgIpc) is 2.80. The average molecular weight is 280 g/mol. The fourth-order valence-corrected chi connectivity index (χ4v) is 2.15. The largest absolute Gasteiger partial charge is 0.465 e. The van der Waals surface area contributed by atoms with Gasteiger partial charge in [0.15, 0.2) is 0 Å². The van der Waals surface area contributed by atoms with Crippen molar-refractivity contribution in [3.63, 3.8) is 0 Å². The molecule has 0 bridgehead atoms. The van der Waals surface area contributed by atoms with Gasteiger partial charge in [0, 0.05) is 13.0 Å². The van der Waals surface area contributed by atoms with Gasteiger partial charge in [0.25, 0.3) is 0 Å². The minimum atomic E-state index is -0.755. The number of carbonyl (C=O) groups is 3. The first kappa shape index (κ1) is 14.0. The van der Waals surface area contributed by atoms with Gasteiger partial charge in [-0.2, -0.15) is 0 Å². The molecule has 2 N–H and O–H groups in total. The first-order valence-electron chi connectivity index (χ1n) is 5.91. The zero-order valence-electron chi connectivity index (χ0n) is 10.8. The number of ether oxygens (including phenoxy) is 1. The van der Waals surface area contributed by atoms with E-state index < -0.39 is 23.6 Å². The number of hydrogen-bond acceptors (Lipinski definition) is 4. The van der Waals surface area contributed by atoms with Gasteiger partial charge in [-0.1, -0.05) is 0 Å². The van der Waals surface area contributed by atoms with Crippen LogP contribution in [0.5, 0.6) is 0 Å².